The van der Waals surface area contributed by atoms with E-state index in [0.29, 0.717) is 10.9 Å². The fraction of sp³-hybridized carbons (Fsp3) is 0.250. The fourth-order valence-corrected chi connectivity index (χ4v) is 3.99. The first-order valence-corrected chi connectivity index (χ1v) is 8.86. The average molecular weight is 441 g/mol. The highest BCUT2D eigenvalue weighted by atomic mass is 79.9. The molecule has 0 saturated carbocycles. The molecule has 1 unspecified atom stereocenters. The highest BCUT2D eigenvalue weighted by Gasteiger charge is 2.36. The van der Waals surface area contributed by atoms with Gasteiger partial charge in [-0.05, 0) is 62.4 Å². The number of rotatable bonds is 1. The Labute approximate surface area is 149 Å². The Morgan fingerprint density at radius 1 is 1.26 bits per heavy atom. The third kappa shape index (κ3) is 2.37. The van der Waals surface area contributed by atoms with Gasteiger partial charge in [0.25, 0.3) is 0 Å². The maximum absolute atomic E-state index is 13.6. The third-order valence-electron chi connectivity index (χ3n) is 4.25. The fourth-order valence-electron chi connectivity index (χ4n) is 3.22. The van der Waals surface area contributed by atoms with E-state index in [1.54, 1.807) is 23.0 Å². The van der Waals surface area contributed by atoms with Crippen molar-refractivity contribution < 1.29 is 9.18 Å². The van der Waals surface area contributed by atoms with Crippen LogP contribution >= 0.6 is 31.9 Å². The molecule has 2 aliphatic rings. The Hall–Kier alpha value is -1.47. The predicted molar refractivity (Wildman–Crippen MR) is 91.7 cm³/mol. The van der Waals surface area contributed by atoms with Crippen LogP contribution in [0.5, 0.6) is 0 Å². The average Bonchev–Trinajstić information content (AvgIpc) is 2.90. The third-order valence-corrected chi connectivity index (χ3v) is 5.44. The highest BCUT2D eigenvalue weighted by molar-refractivity contribution is 9.10. The van der Waals surface area contributed by atoms with Crippen molar-refractivity contribution in [1.82, 2.24) is 9.78 Å². The monoisotopic (exact) mass is 439 g/mol. The van der Waals surface area contributed by atoms with Gasteiger partial charge < -0.3 is 5.32 Å². The van der Waals surface area contributed by atoms with E-state index in [1.165, 1.54) is 6.07 Å². The van der Waals surface area contributed by atoms with Gasteiger partial charge in [0.15, 0.2) is 5.78 Å². The summed E-state index contributed by atoms with van der Waals surface area (Å²) < 4.78 is 16.6. The van der Waals surface area contributed by atoms with Crippen molar-refractivity contribution in [3.05, 3.63) is 56.0 Å². The largest absolute Gasteiger partial charge is 0.343 e. The van der Waals surface area contributed by atoms with Crippen LogP contribution in [0.2, 0.25) is 0 Å². The van der Waals surface area contributed by atoms with E-state index < -0.39 is 0 Å². The number of carbonyl (C=O) groups is 1. The lowest BCUT2D eigenvalue weighted by Crippen LogP contribution is -2.31. The number of nitrogens with zero attached hydrogens (tertiary/aromatic N) is 2. The minimum Gasteiger partial charge on any atom is -0.343 e. The summed E-state index contributed by atoms with van der Waals surface area (Å²) in [6, 6.07) is 4.50. The summed E-state index contributed by atoms with van der Waals surface area (Å²) in [5.74, 6) is 0.624. The number of halogens is 3. The van der Waals surface area contributed by atoms with Crippen LogP contribution in [0.4, 0.5) is 10.2 Å². The van der Waals surface area contributed by atoms with E-state index in [1.807, 2.05) is 0 Å². The SMILES string of the molecule is O=C1CCCC2=C1C(c1ccc(F)c(Br)c1)n1ncc(Br)c1N2. The molecule has 0 radical (unpaired) electrons. The van der Waals surface area contributed by atoms with E-state index in [9.17, 15) is 9.18 Å². The molecule has 118 valence electrons. The van der Waals surface area contributed by atoms with Crippen LogP contribution in [0, 0.1) is 5.82 Å². The number of Topliss-reactive ketones (excluding diaryl/α,β-unsaturated/α-hetero) is 1. The van der Waals surface area contributed by atoms with Crippen LogP contribution in [0.15, 0.2) is 44.6 Å². The van der Waals surface area contributed by atoms with Crippen LogP contribution in [0.3, 0.4) is 0 Å². The first kappa shape index (κ1) is 15.1. The van der Waals surface area contributed by atoms with E-state index in [4.69, 9.17) is 0 Å². The van der Waals surface area contributed by atoms with Gasteiger partial charge in [-0.3, -0.25) is 4.79 Å². The predicted octanol–water partition coefficient (Wildman–Crippen LogP) is 4.57. The molecule has 0 saturated heterocycles. The number of nitrogens with one attached hydrogen (secondary N) is 1. The number of benzene rings is 1. The number of allylic oxidation sites excluding steroid dienone is 2. The standard InChI is InChI=1S/C16H12Br2FN3O/c17-9-6-8(4-5-11(9)19)15-14-12(2-1-3-13(14)23)21-16-10(18)7-20-22(15)16/h4-7,15,21H,1-3H2. The number of hydrogen-bond acceptors (Lipinski definition) is 3. The van der Waals surface area contributed by atoms with Crippen LogP contribution in [-0.4, -0.2) is 15.6 Å². The Morgan fingerprint density at radius 2 is 2.09 bits per heavy atom. The first-order chi connectivity index (χ1) is 11.1. The number of hydrogen-bond donors (Lipinski definition) is 1. The summed E-state index contributed by atoms with van der Waals surface area (Å²) in [6.07, 6.45) is 3.92. The van der Waals surface area contributed by atoms with Gasteiger partial charge in [0.2, 0.25) is 0 Å². The molecule has 0 spiro atoms. The quantitative estimate of drug-likeness (QED) is 0.706. The Kier molecular flexibility index (Phi) is 3.65. The molecule has 4 rings (SSSR count). The lowest BCUT2D eigenvalue weighted by Gasteiger charge is -2.33. The Morgan fingerprint density at radius 3 is 2.87 bits per heavy atom. The summed E-state index contributed by atoms with van der Waals surface area (Å²) in [5.41, 5.74) is 2.51. The summed E-state index contributed by atoms with van der Waals surface area (Å²) in [5, 5.41) is 7.73. The maximum atomic E-state index is 13.6. The Bertz CT molecular complexity index is 859. The minimum atomic E-state index is -0.336. The Balaban J connectivity index is 1.94. The summed E-state index contributed by atoms with van der Waals surface area (Å²) >= 11 is 6.72. The molecule has 2 heterocycles. The molecule has 1 aromatic heterocycles. The van der Waals surface area contributed by atoms with Crippen LogP contribution in [0.25, 0.3) is 0 Å². The van der Waals surface area contributed by atoms with Crippen molar-refractivity contribution in [3.63, 3.8) is 0 Å². The number of fused-ring (bicyclic) bond motifs is 1. The lowest BCUT2D eigenvalue weighted by atomic mass is 9.85. The minimum absolute atomic E-state index is 0.126. The zero-order valence-electron chi connectivity index (χ0n) is 11.9. The van der Waals surface area contributed by atoms with Gasteiger partial charge in [0.05, 0.1) is 15.1 Å². The first-order valence-electron chi connectivity index (χ1n) is 7.27. The summed E-state index contributed by atoms with van der Waals surface area (Å²) in [4.78, 5) is 12.5. The van der Waals surface area contributed by atoms with Crippen LogP contribution in [0.1, 0.15) is 30.9 Å². The van der Waals surface area contributed by atoms with Crippen LogP contribution < -0.4 is 5.32 Å². The molecule has 1 aliphatic carbocycles. The number of anilines is 1. The molecule has 1 atom stereocenters. The number of aromatic nitrogens is 2. The van der Waals surface area contributed by atoms with Crippen molar-refractivity contribution in [2.45, 2.75) is 25.3 Å². The molecule has 0 bridgehead atoms. The summed E-state index contributed by atoms with van der Waals surface area (Å²) in [6.45, 7) is 0. The molecule has 0 amide bonds. The van der Waals surface area contributed by atoms with E-state index in [0.717, 1.165) is 40.0 Å². The lowest BCUT2D eigenvalue weighted by molar-refractivity contribution is -0.116. The molecular weight excluding hydrogens is 429 g/mol. The second-order valence-electron chi connectivity index (χ2n) is 5.66. The van der Waals surface area contributed by atoms with Crippen LogP contribution in [-0.2, 0) is 4.79 Å². The second-order valence-corrected chi connectivity index (χ2v) is 7.36. The van der Waals surface area contributed by atoms with E-state index in [-0.39, 0.29) is 17.6 Å². The van der Waals surface area contributed by atoms with Gasteiger partial charge in [0, 0.05) is 17.7 Å². The number of carbonyl (C=O) groups excluding carboxylic acids is 1. The molecular formula is C16H12Br2FN3O. The molecule has 1 aromatic carbocycles. The van der Waals surface area contributed by atoms with Gasteiger partial charge in [-0.15, -0.1) is 0 Å². The topological polar surface area (TPSA) is 46.9 Å². The van der Waals surface area contributed by atoms with Crippen molar-refractivity contribution >= 4 is 43.5 Å². The van der Waals surface area contributed by atoms with Crippen molar-refractivity contribution in [3.8, 4) is 0 Å². The molecule has 2 aromatic rings. The van der Waals surface area contributed by atoms with Gasteiger partial charge in [-0.25, -0.2) is 9.07 Å². The zero-order chi connectivity index (χ0) is 16.1. The molecule has 0 fully saturated rings. The second kappa shape index (κ2) is 5.56. The van der Waals surface area contributed by atoms with E-state index in [2.05, 4.69) is 42.3 Å². The summed E-state index contributed by atoms with van der Waals surface area (Å²) in [7, 11) is 0. The smallest absolute Gasteiger partial charge is 0.163 e. The normalized spacial score (nSPS) is 20.1. The van der Waals surface area contributed by atoms with E-state index >= 15 is 0 Å². The maximum Gasteiger partial charge on any atom is 0.163 e. The van der Waals surface area contributed by atoms with Crippen molar-refractivity contribution in [2.24, 2.45) is 0 Å². The molecule has 1 N–H and O–H groups in total. The highest BCUT2D eigenvalue weighted by Crippen LogP contribution is 2.43. The van der Waals surface area contributed by atoms with Gasteiger partial charge >= 0.3 is 0 Å². The van der Waals surface area contributed by atoms with Crippen molar-refractivity contribution in [1.29, 1.82) is 0 Å². The molecule has 1 aliphatic heterocycles. The van der Waals surface area contributed by atoms with Crippen molar-refractivity contribution in [2.75, 3.05) is 5.32 Å². The zero-order valence-corrected chi connectivity index (χ0v) is 15.1. The number of ketones is 1. The van der Waals surface area contributed by atoms with Gasteiger partial charge in [-0.1, -0.05) is 6.07 Å². The molecule has 23 heavy (non-hydrogen) atoms. The molecule has 4 nitrogen and oxygen atoms in total. The van der Waals surface area contributed by atoms with Gasteiger partial charge in [0.1, 0.15) is 17.7 Å². The molecule has 7 heteroatoms. The van der Waals surface area contributed by atoms with Gasteiger partial charge in [-0.2, -0.15) is 5.10 Å².